The molecule has 0 fully saturated rings. The fraction of sp³-hybridized carbons (Fsp3) is 0.889. The average molecular weight is 156 g/mol. The Balaban J connectivity index is 2.63. The van der Waals surface area contributed by atoms with Crippen molar-refractivity contribution < 1.29 is 9.68 Å². The maximum Gasteiger partial charge on any atom is 0.334 e. The van der Waals surface area contributed by atoms with Gasteiger partial charge in [-0.2, -0.15) is 0 Å². The SMILES string of the molecule is CCC(CC)[N+]1=C(O)CCC1. The molecule has 0 atom stereocenters. The number of aliphatic hydroxyl groups is 1. The predicted octanol–water partition coefficient (Wildman–Crippen LogP) is 1.94. The van der Waals surface area contributed by atoms with E-state index in [2.05, 4.69) is 18.4 Å². The minimum Gasteiger partial charge on any atom is -0.464 e. The van der Waals surface area contributed by atoms with Gasteiger partial charge in [0.1, 0.15) is 6.54 Å². The van der Waals surface area contributed by atoms with E-state index in [1.165, 1.54) is 0 Å². The molecule has 0 aromatic rings. The van der Waals surface area contributed by atoms with Crippen LogP contribution >= 0.6 is 0 Å². The maximum atomic E-state index is 9.46. The highest BCUT2D eigenvalue weighted by atomic mass is 16.3. The van der Waals surface area contributed by atoms with Gasteiger partial charge in [-0.1, -0.05) is 13.8 Å². The van der Waals surface area contributed by atoms with Crippen LogP contribution in [0.25, 0.3) is 0 Å². The molecule has 0 aromatic heterocycles. The summed E-state index contributed by atoms with van der Waals surface area (Å²) in [6.45, 7) is 5.41. The van der Waals surface area contributed by atoms with E-state index in [0.29, 0.717) is 11.9 Å². The Morgan fingerprint density at radius 3 is 2.45 bits per heavy atom. The van der Waals surface area contributed by atoms with E-state index in [0.717, 1.165) is 32.2 Å². The van der Waals surface area contributed by atoms with Crippen molar-refractivity contribution in [2.75, 3.05) is 6.54 Å². The van der Waals surface area contributed by atoms with Crippen LogP contribution in [0.3, 0.4) is 0 Å². The van der Waals surface area contributed by atoms with E-state index in [1.54, 1.807) is 0 Å². The minimum atomic E-state index is 0.567. The highest BCUT2D eigenvalue weighted by Gasteiger charge is 2.26. The molecule has 1 heterocycles. The molecule has 64 valence electrons. The molecule has 0 radical (unpaired) electrons. The first-order chi connectivity index (χ1) is 5.29. The van der Waals surface area contributed by atoms with Crippen LogP contribution < -0.4 is 0 Å². The average Bonchev–Trinajstić information content (AvgIpc) is 2.40. The highest BCUT2D eigenvalue weighted by Crippen LogP contribution is 2.10. The molecule has 1 aliphatic heterocycles. The molecule has 2 heteroatoms. The molecule has 0 saturated carbocycles. The van der Waals surface area contributed by atoms with Crippen LogP contribution in [0.2, 0.25) is 0 Å². The second kappa shape index (κ2) is 3.74. The van der Waals surface area contributed by atoms with E-state index in [4.69, 9.17) is 0 Å². The van der Waals surface area contributed by atoms with Crippen LogP contribution in [-0.4, -0.2) is 28.2 Å². The van der Waals surface area contributed by atoms with Gasteiger partial charge in [-0.25, -0.2) is 4.58 Å². The van der Waals surface area contributed by atoms with Crippen molar-refractivity contribution in [2.45, 2.75) is 45.6 Å². The molecule has 1 aliphatic rings. The van der Waals surface area contributed by atoms with Gasteiger partial charge in [0.05, 0.1) is 6.42 Å². The lowest BCUT2D eigenvalue weighted by Gasteiger charge is -2.08. The fourth-order valence-corrected chi connectivity index (χ4v) is 1.80. The zero-order valence-corrected chi connectivity index (χ0v) is 7.51. The van der Waals surface area contributed by atoms with Crippen molar-refractivity contribution in [3.63, 3.8) is 0 Å². The van der Waals surface area contributed by atoms with Gasteiger partial charge in [0.25, 0.3) is 0 Å². The van der Waals surface area contributed by atoms with E-state index in [-0.39, 0.29) is 0 Å². The largest absolute Gasteiger partial charge is 0.464 e. The van der Waals surface area contributed by atoms with Gasteiger partial charge in [0, 0.05) is 19.3 Å². The van der Waals surface area contributed by atoms with Gasteiger partial charge in [-0.15, -0.1) is 0 Å². The van der Waals surface area contributed by atoms with E-state index in [9.17, 15) is 5.11 Å². The molecule has 1 N–H and O–H groups in total. The molecule has 0 spiro atoms. The Morgan fingerprint density at radius 1 is 1.45 bits per heavy atom. The molecule has 11 heavy (non-hydrogen) atoms. The van der Waals surface area contributed by atoms with E-state index >= 15 is 0 Å². The Labute approximate surface area is 68.6 Å². The van der Waals surface area contributed by atoms with Crippen molar-refractivity contribution in [1.29, 1.82) is 0 Å². The standard InChI is InChI=1S/C9H17NO/c1-3-8(4-2)10-7-5-6-9(10)11/h8H,3-7H2,1-2H3/p+1. The third-order valence-electron chi connectivity index (χ3n) is 2.51. The predicted molar refractivity (Wildman–Crippen MR) is 46.4 cm³/mol. The summed E-state index contributed by atoms with van der Waals surface area (Å²) in [5.41, 5.74) is 0. The van der Waals surface area contributed by atoms with Crippen molar-refractivity contribution in [3.8, 4) is 0 Å². The molecule has 0 bridgehead atoms. The normalized spacial score (nSPS) is 18.5. The third kappa shape index (κ3) is 1.73. The first-order valence-corrected chi connectivity index (χ1v) is 4.61. The molecular formula is C9H18NO+. The topological polar surface area (TPSA) is 23.2 Å². The fourth-order valence-electron chi connectivity index (χ4n) is 1.80. The van der Waals surface area contributed by atoms with Crippen LogP contribution in [0.5, 0.6) is 0 Å². The second-order valence-corrected chi connectivity index (χ2v) is 3.18. The minimum absolute atomic E-state index is 0.567. The molecule has 0 aliphatic carbocycles. The van der Waals surface area contributed by atoms with Gasteiger partial charge in [0.2, 0.25) is 0 Å². The summed E-state index contributed by atoms with van der Waals surface area (Å²) in [5, 5.41) is 9.46. The van der Waals surface area contributed by atoms with Gasteiger partial charge in [-0.05, 0) is 0 Å². The van der Waals surface area contributed by atoms with Crippen molar-refractivity contribution >= 4 is 5.90 Å². The highest BCUT2D eigenvalue weighted by molar-refractivity contribution is 5.69. The molecule has 0 saturated heterocycles. The lowest BCUT2D eigenvalue weighted by molar-refractivity contribution is -0.566. The number of hydrogen-bond donors (Lipinski definition) is 1. The zero-order valence-electron chi connectivity index (χ0n) is 7.51. The monoisotopic (exact) mass is 156 g/mol. The maximum absolute atomic E-state index is 9.46. The first-order valence-electron chi connectivity index (χ1n) is 4.61. The third-order valence-corrected chi connectivity index (χ3v) is 2.51. The molecular weight excluding hydrogens is 138 g/mol. The smallest absolute Gasteiger partial charge is 0.334 e. The van der Waals surface area contributed by atoms with Crippen LogP contribution in [-0.2, 0) is 0 Å². The van der Waals surface area contributed by atoms with Gasteiger partial charge < -0.3 is 5.11 Å². The van der Waals surface area contributed by atoms with Crippen LogP contribution in [0.4, 0.5) is 0 Å². The molecule has 1 rings (SSSR count). The van der Waals surface area contributed by atoms with Gasteiger partial charge in [-0.3, -0.25) is 0 Å². The summed E-state index contributed by atoms with van der Waals surface area (Å²) in [5.74, 6) is 0.610. The van der Waals surface area contributed by atoms with E-state index < -0.39 is 0 Å². The van der Waals surface area contributed by atoms with Crippen molar-refractivity contribution in [2.24, 2.45) is 0 Å². The van der Waals surface area contributed by atoms with Crippen molar-refractivity contribution in [3.05, 3.63) is 0 Å². The Bertz CT molecular complexity index is 159. The number of hydrogen-bond acceptors (Lipinski definition) is 0. The zero-order chi connectivity index (χ0) is 8.27. The molecule has 0 unspecified atom stereocenters. The molecule has 2 nitrogen and oxygen atoms in total. The van der Waals surface area contributed by atoms with Gasteiger partial charge >= 0.3 is 5.90 Å². The molecule has 0 aromatic carbocycles. The summed E-state index contributed by atoms with van der Waals surface area (Å²) < 4.78 is 2.15. The summed E-state index contributed by atoms with van der Waals surface area (Å²) >= 11 is 0. The van der Waals surface area contributed by atoms with Crippen molar-refractivity contribution in [1.82, 2.24) is 0 Å². The van der Waals surface area contributed by atoms with Crippen LogP contribution in [0.1, 0.15) is 39.5 Å². The second-order valence-electron chi connectivity index (χ2n) is 3.18. The summed E-state index contributed by atoms with van der Waals surface area (Å²) in [6, 6.07) is 0.567. The number of rotatable bonds is 3. The Morgan fingerprint density at radius 2 is 2.09 bits per heavy atom. The van der Waals surface area contributed by atoms with Crippen LogP contribution in [0, 0.1) is 0 Å². The van der Waals surface area contributed by atoms with Gasteiger partial charge in [0.15, 0.2) is 6.04 Å². The number of nitrogens with zero attached hydrogens (tertiary/aromatic N) is 1. The lowest BCUT2D eigenvalue weighted by Crippen LogP contribution is -2.27. The Hall–Kier alpha value is -0.530. The summed E-state index contributed by atoms with van der Waals surface area (Å²) in [4.78, 5) is 0. The summed E-state index contributed by atoms with van der Waals surface area (Å²) in [6.07, 6.45) is 4.29. The Kier molecular flexibility index (Phi) is 2.92. The number of aliphatic hydroxyl groups excluding tert-OH is 1. The van der Waals surface area contributed by atoms with E-state index in [1.807, 2.05) is 0 Å². The lowest BCUT2D eigenvalue weighted by atomic mass is 10.1. The summed E-state index contributed by atoms with van der Waals surface area (Å²) in [7, 11) is 0. The quantitative estimate of drug-likeness (QED) is 0.620. The molecule has 0 amide bonds. The first kappa shape index (κ1) is 8.57. The van der Waals surface area contributed by atoms with Crippen LogP contribution in [0.15, 0.2) is 0 Å².